The SMILES string of the molecule is COC(=O)NN=Cc1ccc(OC(=O)c2ccccc2F)c(OC)c1. The largest absolute Gasteiger partial charge is 0.493 e. The summed E-state index contributed by atoms with van der Waals surface area (Å²) in [4.78, 5) is 23.0. The van der Waals surface area contributed by atoms with E-state index in [0.29, 0.717) is 5.56 Å². The number of carbonyl (C=O) groups excluding carboxylic acids is 2. The molecule has 7 nitrogen and oxygen atoms in total. The normalized spacial score (nSPS) is 10.4. The molecule has 130 valence electrons. The van der Waals surface area contributed by atoms with E-state index >= 15 is 0 Å². The Balaban J connectivity index is 2.15. The molecular formula is C17H15FN2O5. The summed E-state index contributed by atoms with van der Waals surface area (Å²) in [6.45, 7) is 0. The van der Waals surface area contributed by atoms with E-state index in [-0.39, 0.29) is 17.1 Å². The monoisotopic (exact) mass is 346 g/mol. The molecule has 0 spiro atoms. The Morgan fingerprint density at radius 2 is 1.88 bits per heavy atom. The van der Waals surface area contributed by atoms with Gasteiger partial charge in [0, 0.05) is 0 Å². The molecule has 0 saturated heterocycles. The number of amides is 1. The summed E-state index contributed by atoms with van der Waals surface area (Å²) in [6, 6.07) is 10.1. The molecule has 2 aromatic carbocycles. The summed E-state index contributed by atoms with van der Waals surface area (Å²) in [5, 5.41) is 3.68. The Hall–Kier alpha value is -3.42. The average molecular weight is 346 g/mol. The van der Waals surface area contributed by atoms with E-state index in [9.17, 15) is 14.0 Å². The molecule has 0 fully saturated rings. The van der Waals surface area contributed by atoms with Crippen LogP contribution >= 0.6 is 0 Å². The maximum atomic E-state index is 13.6. The number of nitrogens with one attached hydrogen (secondary N) is 1. The number of rotatable bonds is 5. The molecule has 2 aromatic rings. The minimum Gasteiger partial charge on any atom is -0.493 e. The highest BCUT2D eigenvalue weighted by molar-refractivity contribution is 5.92. The minimum absolute atomic E-state index is 0.119. The van der Waals surface area contributed by atoms with Gasteiger partial charge in [-0.3, -0.25) is 0 Å². The number of esters is 1. The lowest BCUT2D eigenvalue weighted by molar-refractivity contribution is 0.0725. The Kier molecular flexibility index (Phi) is 6.05. The van der Waals surface area contributed by atoms with Gasteiger partial charge in [-0.1, -0.05) is 12.1 Å². The van der Waals surface area contributed by atoms with Crippen molar-refractivity contribution in [1.82, 2.24) is 5.43 Å². The minimum atomic E-state index is -0.842. The molecule has 1 N–H and O–H groups in total. The predicted octanol–water partition coefficient (Wildman–Crippen LogP) is 2.74. The molecular weight excluding hydrogens is 331 g/mol. The van der Waals surface area contributed by atoms with Crippen LogP contribution in [-0.2, 0) is 4.74 Å². The number of hydrogen-bond donors (Lipinski definition) is 1. The van der Waals surface area contributed by atoms with E-state index in [1.807, 2.05) is 0 Å². The van der Waals surface area contributed by atoms with Crippen LogP contribution in [-0.4, -0.2) is 32.5 Å². The smallest absolute Gasteiger partial charge is 0.427 e. The van der Waals surface area contributed by atoms with Gasteiger partial charge in [0.25, 0.3) is 0 Å². The van der Waals surface area contributed by atoms with E-state index in [2.05, 4.69) is 15.3 Å². The maximum absolute atomic E-state index is 13.6. The molecule has 2 rings (SSSR count). The first-order chi connectivity index (χ1) is 12.0. The van der Waals surface area contributed by atoms with Crippen molar-refractivity contribution in [1.29, 1.82) is 0 Å². The topological polar surface area (TPSA) is 86.2 Å². The van der Waals surface area contributed by atoms with Crippen LogP contribution in [0.25, 0.3) is 0 Å². The fourth-order valence-corrected chi connectivity index (χ4v) is 1.84. The van der Waals surface area contributed by atoms with Crippen molar-refractivity contribution in [2.45, 2.75) is 0 Å². The van der Waals surface area contributed by atoms with Gasteiger partial charge in [0.2, 0.25) is 0 Å². The number of hydrazone groups is 1. The number of nitrogens with zero attached hydrogens (tertiary/aromatic N) is 1. The van der Waals surface area contributed by atoms with E-state index in [0.717, 1.165) is 0 Å². The number of methoxy groups -OCH3 is 2. The number of hydrogen-bond acceptors (Lipinski definition) is 6. The van der Waals surface area contributed by atoms with Crippen molar-refractivity contribution in [3.63, 3.8) is 0 Å². The van der Waals surface area contributed by atoms with E-state index in [1.165, 1.54) is 56.8 Å². The lowest BCUT2D eigenvalue weighted by atomic mass is 10.2. The predicted molar refractivity (Wildman–Crippen MR) is 87.5 cm³/mol. The van der Waals surface area contributed by atoms with Crippen molar-refractivity contribution in [3.8, 4) is 11.5 Å². The standard InChI is InChI=1S/C17H15FN2O5/c1-23-15-9-11(10-19-20-17(22)24-2)7-8-14(15)25-16(21)12-5-3-4-6-13(12)18/h3-10H,1-2H3,(H,20,22). The fraction of sp³-hybridized carbons (Fsp3) is 0.118. The lowest BCUT2D eigenvalue weighted by Crippen LogP contribution is -2.16. The second-order valence-electron chi connectivity index (χ2n) is 4.64. The Morgan fingerprint density at radius 1 is 1.12 bits per heavy atom. The Labute approximate surface area is 143 Å². The zero-order valence-electron chi connectivity index (χ0n) is 13.5. The van der Waals surface area contributed by atoms with Crippen molar-refractivity contribution >= 4 is 18.3 Å². The number of carbonyl (C=O) groups is 2. The molecule has 0 heterocycles. The molecule has 0 aliphatic rings. The van der Waals surface area contributed by atoms with Gasteiger partial charge in [-0.2, -0.15) is 5.10 Å². The number of halogens is 1. The van der Waals surface area contributed by atoms with E-state index in [4.69, 9.17) is 9.47 Å². The highest BCUT2D eigenvalue weighted by Crippen LogP contribution is 2.28. The molecule has 1 amide bonds. The quantitative estimate of drug-likeness (QED) is 0.389. The van der Waals surface area contributed by atoms with Crippen molar-refractivity contribution in [2.75, 3.05) is 14.2 Å². The van der Waals surface area contributed by atoms with Gasteiger partial charge in [0.15, 0.2) is 11.5 Å². The van der Waals surface area contributed by atoms with Crippen LogP contribution in [0.3, 0.4) is 0 Å². The first-order valence-electron chi connectivity index (χ1n) is 7.07. The first-order valence-corrected chi connectivity index (χ1v) is 7.07. The lowest BCUT2D eigenvalue weighted by Gasteiger charge is -2.10. The van der Waals surface area contributed by atoms with Crippen molar-refractivity contribution in [3.05, 3.63) is 59.4 Å². The highest BCUT2D eigenvalue weighted by atomic mass is 19.1. The van der Waals surface area contributed by atoms with Crippen LogP contribution in [0.4, 0.5) is 9.18 Å². The molecule has 0 radical (unpaired) electrons. The molecule has 8 heteroatoms. The molecule has 0 saturated carbocycles. The third-order valence-corrected chi connectivity index (χ3v) is 3.04. The number of ether oxygens (including phenoxy) is 3. The van der Waals surface area contributed by atoms with Gasteiger partial charge >= 0.3 is 12.1 Å². The summed E-state index contributed by atoms with van der Waals surface area (Å²) >= 11 is 0. The molecule has 0 aromatic heterocycles. The van der Waals surface area contributed by atoms with Crippen LogP contribution in [0, 0.1) is 5.82 Å². The summed E-state index contributed by atoms with van der Waals surface area (Å²) < 4.78 is 28.3. The van der Waals surface area contributed by atoms with Gasteiger partial charge in [-0.25, -0.2) is 19.4 Å². The van der Waals surface area contributed by atoms with Crippen LogP contribution in [0.1, 0.15) is 15.9 Å². The zero-order chi connectivity index (χ0) is 18.2. The van der Waals surface area contributed by atoms with Gasteiger partial charge in [-0.05, 0) is 35.9 Å². The molecule has 0 atom stereocenters. The molecule has 0 aliphatic heterocycles. The van der Waals surface area contributed by atoms with Gasteiger partial charge in [-0.15, -0.1) is 0 Å². The third-order valence-electron chi connectivity index (χ3n) is 3.04. The summed E-state index contributed by atoms with van der Waals surface area (Å²) in [5.41, 5.74) is 2.52. The van der Waals surface area contributed by atoms with Crippen LogP contribution < -0.4 is 14.9 Å². The van der Waals surface area contributed by atoms with Gasteiger partial charge in [0.05, 0.1) is 26.0 Å². The van der Waals surface area contributed by atoms with Crippen molar-refractivity contribution < 1.29 is 28.2 Å². The summed E-state index contributed by atoms with van der Waals surface area (Å²) in [6.07, 6.45) is 0.640. The molecule has 25 heavy (non-hydrogen) atoms. The average Bonchev–Trinajstić information content (AvgIpc) is 2.62. The van der Waals surface area contributed by atoms with E-state index in [1.54, 1.807) is 6.07 Å². The van der Waals surface area contributed by atoms with Crippen LogP contribution in [0.5, 0.6) is 11.5 Å². The molecule has 0 unspecified atom stereocenters. The highest BCUT2D eigenvalue weighted by Gasteiger charge is 2.16. The molecule has 0 aliphatic carbocycles. The van der Waals surface area contributed by atoms with Gasteiger partial charge in [0.1, 0.15) is 5.82 Å². The number of benzene rings is 2. The fourth-order valence-electron chi connectivity index (χ4n) is 1.84. The second kappa shape index (κ2) is 8.44. The molecule has 0 bridgehead atoms. The zero-order valence-corrected chi connectivity index (χ0v) is 13.5. The van der Waals surface area contributed by atoms with E-state index < -0.39 is 17.9 Å². The second-order valence-corrected chi connectivity index (χ2v) is 4.64. The van der Waals surface area contributed by atoms with Crippen LogP contribution in [0.15, 0.2) is 47.6 Å². The van der Waals surface area contributed by atoms with Crippen LogP contribution in [0.2, 0.25) is 0 Å². The Morgan fingerprint density at radius 3 is 2.56 bits per heavy atom. The van der Waals surface area contributed by atoms with Crippen molar-refractivity contribution in [2.24, 2.45) is 5.10 Å². The third kappa shape index (κ3) is 4.77. The maximum Gasteiger partial charge on any atom is 0.427 e. The Bertz CT molecular complexity index is 807. The van der Waals surface area contributed by atoms with Gasteiger partial charge < -0.3 is 14.2 Å². The summed E-state index contributed by atoms with van der Waals surface area (Å²) in [5.74, 6) is -1.16. The first kappa shape index (κ1) is 17.9. The summed E-state index contributed by atoms with van der Waals surface area (Å²) in [7, 11) is 2.61.